The molecule has 3 nitrogen and oxygen atoms in total. The second-order valence-electron chi connectivity index (χ2n) is 1.92. The van der Waals surface area contributed by atoms with E-state index in [9.17, 15) is 0 Å². The fourth-order valence-corrected chi connectivity index (χ4v) is 0.642. The molecule has 20 heavy (non-hydrogen) atoms. The van der Waals surface area contributed by atoms with Gasteiger partial charge in [-0.2, -0.15) is 0 Å². The summed E-state index contributed by atoms with van der Waals surface area (Å²) in [6.45, 7) is 19.2. The van der Waals surface area contributed by atoms with E-state index in [1.807, 2.05) is 64.2 Å². The summed E-state index contributed by atoms with van der Waals surface area (Å²) in [7, 11) is 0. The Morgan fingerprint density at radius 2 is 0.650 bits per heavy atom. The van der Waals surface area contributed by atoms with Gasteiger partial charge in [0.2, 0.25) is 0 Å². The average Bonchev–Trinajstić information content (AvgIpc) is 3.25. The minimum absolute atomic E-state index is 0. The first kappa shape index (κ1) is 36.8. The molecular formula is C15H14Fe2O3. The molecular weight excluding hydrogens is 340 g/mol. The van der Waals surface area contributed by atoms with Crippen LogP contribution < -0.4 is 0 Å². The zero-order valence-corrected chi connectivity index (χ0v) is 12.8. The van der Waals surface area contributed by atoms with Crippen LogP contribution >= 0.6 is 0 Å². The summed E-state index contributed by atoms with van der Waals surface area (Å²) in [6, 6.07) is 0. The molecule has 2 aliphatic carbocycles. The molecule has 5 heteroatoms. The largest absolute Gasteiger partial charge is 2.00 e. The monoisotopic (exact) mass is 354 g/mol. The summed E-state index contributed by atoms with van der Waals surface area (Å²) in [4.78, 5) is 7.75. The van der Waals surface area contributed by atoms with Crippen LogP contribution in [0.3, 0.4) is 0 Å². The summed E-state index contributed by atoms with van der Waals surface area (Å²) < 4.78 is 15.0. The van der Waals surface area contributed by atoms with Crippen molar-refractivity contribution >= 4 is 6.79 Å². The first-order valence-corrected chi connectivity index (χ1v) is 4.39. The van der Waals surface area contributed by atoms with Gasteiger partial charge in [-0.3, -0.25) is 13.4 Å². The van der Waals surface area contributed by atoms with E-state index in [1.165, 1.54) is 0 Å². The van der Waals surface area contributed by atoms with Crippen LogP contribution in [0.2, 0.25) is 0 Å². The minimum Gasteiger partial charge on any atom is -0.545 e. The van der Waals surface area contributed by atoms with Crippen molar-refractivity contribution in [2.24, 2.45) is 0 Å². The first-order valence-electron chi connectivity index (χ1n) is 4.39. The van der Waals surface area contributed by atoms with Gasteiger partial charge >= 0.3 is 39.7 Å². The van der Waals surface area contributed by atoms with Crippen molar-refractivity contribution in [1.29, 1.82) is 0 Å². The number of hydrogen-bond donors (Lipinski definition) is 0. The molecule has 10 radical (unpaired) electrons. The van der Waals surface area contributed by atoms with Crippen molar-refractivity contribution in [2.45, 2.75) is 0 Å². The van der Waals surface area contributed by atoms with E-state index in [-0.39, 0.29) is 34.1 Å². The number of carbonyl (C=O) groups excluding carboxylic acids is 1. The molecule has 0 saturated heterocycles. The smallest absolute Gasteiger partial charge is 0.545 e. The van der Waals surface area contributed by atoms with Crippen molar-refractivity contribution in [2.75, 3.05) is 0 Å². The molecule has 2 aliphatic rings. The average molecular weight is 354 g/mol. The molecule has 0 aromatic rings. The van der Waals surface area contributed by atoms with E-state index in [1.54, 1.807) is 0 Å². The second kappa shape index (κ2) is 61.7. The fraction of sp³-hybridized carbons (Fsp3) is 0. The summed E-state index contributed by atoms with van der Waals surface area (Å²) in [5.74, 6) is 0. The molecule has 0 heterocycles. The third-order valence-corrected chi connectivity index (χ3v) is 1.11. The summed E-state index contributed by atoms with van der Waals surface area (Å²) in [5.41, 5.74) is 0. The van der Waals surface area contributed by atoms with E-state index in [2.05, 4.69) is 33.2 Å². The third-order valence-electron chi connectivity index (χ3n) is 1.11. The van der Waals surface area contributed by atoms with Crippen LogP contribution in [0.1, 0.15) is 0 Å². The van der Waals surface area contributed by atoms with Crippen LogP contribution in [0.5, 0.6) is 0 Å². The predicted molar refractivity (Wildman–Crippen MR) is 67.5 cm³/mol. The zero-order valence-electron chi connectivity index (χ0n) is 10.6. The fourth-order valence-electron chi connectivity index (χ4n) is 0.642. The van der Waals surface area contributed by atoms with Crippen molar-refractivity contribution in [1.82, 2.24) is 0 Å². The van der Waals surface area contributed by atoms with Gasteiger partial charge in [0.1, 0.15) is 0 Å². The van der Waals surface area contributed by atoms with Gasteiger partial charge in [-0.15, -0.1) is 0 Å². The van der Waals surface area contributed by atoms with Crippen molar-refractivity contribution in [3.05, 3.63) is 90.7 Å². The Hall–Kier alpha value is -0.0710. The standard InChI is InChI=1S/2C5H5.C2H3.CHO.2CO.2Fe/c2*1-2-4-5-3-1;4*1-2;;/h2*1-5H;1H,2H2;1H;;;;/q;;2*-1;;;;+2. The molecule has 2 rings (SSSR count). The van der Waals surface area contributed by atoms with Crippen LogP contribution in [0.4, 0.5) is 0 Å². The van der Waals surface area contributed by atoms with Crippen LogP contribution in [-0.4, -0.2) is 6.79 Å². The van der Waals surface area contributed by atoms with Gasteiger partial charge < -0.3 is 11.4 Å². The zero-order chi connectivity index (χ0) is 15.1. The molecule has 2 fully saturated rings. The van der Waals surface area contributed by atoms with E-state index < -0.39 is 0 Å². The van der Waals surface area contributed by atoms with Crippen molar-refractivity contribution in [3.8, 4) is 0 Å². The van der Waals surface area contributed by atoms with E-state index in [0.29, 0.717) is 0 Å². The van der Waals surface area contributed by atoms with Gasteiger partial charge in [0, 0.05) is 17.1 Å². The molecule has 2 saturated carbocycles. The van der Waals surface area contributed by atoms with Crippen molar-refractivity contribution in [3.63, 3.8) is 0 Å². The van der Waals surface area contributed by atoms with Crippen LogP contribution in [0, 0.1) is 84.1 Å². The van der Waals surface area contributed by atoms with Gasteiger partial charge in [0.15, 0.2) is 0 Å². The molecule has 0 unspecified atom stereocenters. The Morgan fingerprint density at radius 3 is 0.700 bits per heavy atom. The van der Waals surface area contributed by atoms with Gasteiger partial charge in [0.05, 0.1) is 0 Å². The van der Waals surface area contributed by atoms with Gasteiger partial charge in [-0.1, -0.05) is 0 Å². The van der Waals surface area contributed by atoms with Gasteiger partial charge in [-0.05, 0) is 64.2 Å². The Kier molecular flexibility index (Phi) is 114. The number of hydrogen-bond acceptors (Lipinski definition) is 1. The number of rotatable bonds is 0. The normalized spacial score (nSPS) is 12.6. The topological polar surface area (TPSA) is 56.9 Å². The summed E-state index contributed by atoms with van der Waals surface area (Å²) >= 11 is 0. The quantitative estimate of drug-likeness (QED) is 0.285. The summed E-state index contributed by atoms with van der Waals surface area (Å²) in [6.07, 6.45) is 20.0. The van der Waals surface area contributed by atoms with Crippen LogP contribution in [-0.2, 0) is 48.2 Å². The van der Waals surface area contributed by atoms with Crippen LogP contribution in [0.25, 0.3) is 0 Å². The van der Waals surface area contributed by atoms with Crippen molar-refractivity contribution < 1.29 is 48.2 Å². The molecule has 0 aromatic heterocycles. The molecule has 0 N–H and O–H groups in total. The second-order valence-corrected chi connectivity index (χ2v) is 1.92. The molecule has 0 amide bonds. The SMILES string of the molecule is [C-]#[O+].[C-]#[O+].[CH-]=C.[CH-]=O.[CH]1[CH][CH][CH][CH]1.[CH]1[CH][CH][CH][CH]1.[Fe+2].[Fe]. The molecule has 0 aromatic carbocycles. The maximum Gasteiger partial charge on any atom is 2.00 e. The van der Waals surface area contributed by atoms with Gasteiger partial charge in [0.25, 0.3) is 0 Å². The Labute approximate surface area is 145 Å². The molecule has 0 spiro atoms. The Balaban J connectivity index is -0.0000000311. The van der Waals surface area contributed by atoms with E-state index >= 15 is 0 Å². The minimum atomic E-state index is 0. The summed E-state index contributed by atoms with van der Waals surface area (Å²) in [5, 5.41) is 0. The Morgan fingerprint density at radius 1 is 0.600 bits per heavy atom. The Bertz CT molecular complexity index is 120. The third kappa shape index (κ3) is 52.1. The predicted octanol–water partition coefficient (Wildman–Crippen LogP) is 2.29. The molecule has 108 valence electrons. The first-order chi connectivity index (χ1) is 9.00. The van der Waals surface area contributed by atoms with E-state index in [4.69, 9.17) is 14.1 Å². The van der Waals surface area contributed by atoms with E-state index in [0.717, 1.165) is 0 Å². The maximum atomic E-state index is 7.75. The maximum absolute atomic E-state index is 7.75. The molecule has 0 atom stereocenters. The van der Waals surface area contributed by atoms with Gasteiger partial charge in [-0.25, -0.2) is 0 Å². The van der Waals surface area contributed by atoms with Crippen LogP contribution in [0.15, 0.2) is 6.58 Å². The molecule has 0 aliphatic heterocycles. The molecule has 0 bridgehead atoms.